The van der Waals surface area contributed by atoms with Gasteiger partial charge in [-0.15, -0.1) is 0 Å². The lowest BCUT2D eigenvalue weighted by Gasteiger charge is -2.18. The molecule has 0 heterocycles. The lowest BCUT2D eigenvalue weighted by Crippen LogP contribution is -2.28. The smallest absolute Gasteiger partial charge is 0.101 e. The first-order valence-electron chi connectivity index (χ1n) is 5.25. The maximum Gasteiger partial charge on any atom is 0.101 e. The van der Waals surface area contributed by atoms with E-state index in [1.54, 1.807) is 6.07 Å². The molecule has 3 heteroatoms. The first-order chi connectivity index (χ1) is 7.31. The Morgan fingerprint density at radius 1 is 1.33 bits per heavy atom. The first kappa shape index (κ1) is 10.0. The molecule has 3 nitrogen and oxygen atoms in total. The molecule has 1 aromatic carbocycles. The molecule has 2 atom stereocenters. The molecule has 1 aliphatic carbocycles. The molecule has 78 valence electrons. The van der Waals surface area contributed by atoms with Gasteiger partial charge in [-0.25, -0.2) is 0 Å². The Kier molecular flexibility index (Phi) is 2.89. The van der Waals surface area contributed by atoms with Crippen molar-refractivity contribution < 1.29 is 5.11 Å². The van der Waals surface area contributed by atoms with E-state index in [1.165, 1.54) is 0 Å². The molecule has 0 aromatic heterocycles. The van der Waals surface area contributed by atoms with Gasteiger partial charge in [0.2, 0.25) is 0 Å². The highest BCUT2D eigenvalue weighted by Crippen LogP contribution is 2.24. The van der Waals surface area contributed by atoms with Crippen LogP contribution in [0.25, 0.3) is 0 Å². The van der Waals surface area contributed by atoms with Crippen LogP contribution in [0.5, 0.6) is 0 Å². The lowest BCUT2D eigenvalue weighted by atomic mass is 10.1. The molecule has 0 amide bonds. The minimum atomic E-state index is -0.281. The van der Waals surface area contributed by atoms with Crippen LogP contribution in [0.15, 0.2) is 24.3 Å². The summed E-state index contributed by atoms with van der Waals surface area (Å²) < 4.78 is 0. The summed E-state index contributed by atoms with van der Waals surface area (Å²) in [6.07, 6.45) is 2.60. The van der Waals surface area contributed by atoms with Crippen molar-refractivity contribution >= 4 is 5.69 Å². The van der Waals surface area contributed by atoms with Gasteiger partial charge in [0.25, 0.3) is 0 Å². The van der Waals surface area contributed by atoms with Crippen LogP contribution >= 0.6 is 0 Å². The molecule has 0 saturated heterocycles. The van der Waals surface area contributed by atoms with Crippen LogP contribution in [0.3, 0.4) is 0 Å². The van der Waals surface area contributed by atoms with Gasteiger partial charge in [-0.05, 0) is 31.4 Å². The summed E-state index contributed by atoms with van der Waals surface area (Å²) in [5.41, 5.74) is 1.46. The lowest BCUT2D eigenvalue weighted by molar-refractivity contribution is 0.172. The fourth-order valence-electron chi connectivity index (χ4n) is 2.02. The van der Waals surface area contributed by atoms with Crippen LogP contribution in [0.2, 0.25) is 0 Å². The quantitative estimate of drug-likeness (QED) is 0.770. The number of nitrogens with one attached hydrogen (secondary N) is 1. The second kappa shape index (κ2) is 4.33. The average molecular weight is 202 g/mol. The maximum absolute atomic E-state index is 9.67. The van der Waals surface area contributed by atoms with Gasteiger partial charge in [-0.1, -0.05) is 12.1 Å². The van der Waals surface area contributed by atoms with Crippen molar-refractivity contribution in [1.82, 2.24) is 0 Å². The van der Waals surface area contributed by atoms with E-state index in [4.69, 9.17) is 5.26 Å². The number of nitrogens with zero attached hydrogens (tertiary/aromatic N) is 1. The van der Waals surface area contributed by atoms with E-state index in [0.717, 1.165) is 24.9 Å². The van der Waals surface area contributed by atoms with Gasteiger partial charge in [-0.2, -0.15) is 5.26 Å². The Labute approximate surface area is 89.4 Å². The van der Waals surface area contributed by atoms with Crippen molar-refractivity contribution in [1.29, 1.82) is 5.26 Å². The van der Waals surface area contributed by atoms with Crippen LogP contribution in [-0.4, -0.2) is 17.3 Å². The molecule has 0 aliphatic heterocycles. The topological polar surface area (TPSA) is 56.0 Å². The molecular formula is C12H14N2O. The Bertz CT molecular complexity index is 383. The third kappa shape index (κ3) is 2.11. The van der Waals surface area contributed by atoms with Crippen molar-refractivity contribution in [3.8, 4) is 6.07 Å². The van der Waals surface area contributed by atoms with Gasteiger partial charge in [0.15, 0.2) is 0 Å². The number of para-hydroxylation sites is 1. The van der Waals surface area contributed by atoms with Gasteiger partial charge in [0.05, 0.1) is 23.4 Å². The van der Waals surface area contributed by atoms with Gasteiger partial charge in [0.1, 0.15) is 6.07 Å². The molecule has 1 aromatic rings. The molecule has 0 unspecified atom stereocenters. The van der Waals surface area contributed by atoms with Crippen molar-refractivity contribution in [2.45, 2.75) is 31.4 Å². The largest absolute Gasteiger partial charge is 0.391 e. The Morgan fingerprint density at radius 2 is 2.13 bits per heavy atom. The second-order valence-corrected chi connectivity index (χ2v) is 3.91. The van der Waals surface area contributed by atoms with Crippen molar-refractivity contribution in [2.75, 3.05) is 5.32 Å². The number of hydrogen-bond acceptors (Lipinski definition) is 3. The number of aliphatic hydroxyl groups is 1. The number of benzene rings is 1. The molecule has 0 radical (unpaired) electrons. The highest BCUT2D eigenvalue weighted by molar-refractivity contribution is 5.57. The van der Waals surface area contributed by atoms with Crippen molar-refractivity contribution in [3.63, 3.8) is 0 Å². The molecule has 0 spiro atoms. The molecule has 2 rings (SSSR count). The van der Waals surface area contributed by atoms with E-state index in [-0.39, 0.29) is 12.1 Å². The van der Waals surface area contributed by atoms with E-state index < -0.39 is 0 Å². The van der Waals surface area contributed by atoms with Crippen LogP contribution in [0.1, 0.15) is 24.8 Å². The highest BCUT2D eigenvalue weighted by Gasteiger charge is 2.25. The predicted molar refractivity (Wildman–Crippen MR) is 58.4 cm³/mol. The van der Waals surface area contributed by atoms with Gasteiger partial charge in [-0.3, -0.25) is 0 Å². The summed E-state index contributed by atoms with van der Waals surface area (Å²) in [5, 5.41) is 21.8. The molecule has 1 fully saturated rings. The Hall–Kier alpha value is -1.53. The van der Waals surface area contributed by atoms with Crippen LogP contribution in [0.4, 0.5) is 5.69 Å². The zero-order chi connectivity index (χ0) is 10.7. The van der Waals surface area contributed by atoms with Gasteiger partial charge < -0.3 is 10.4 Å². The summed E-state index contributed by atoms with van der Waals surface area (Å²) in [5.74, 6) is 0. The summed E-state index contributed by atoms with van der Waals surface area (Å²) in [4.78, 5) is 0. The summed E-state index contributed by atoms with van der Waals surface area (Å²) in [6.45, 7) is 0. The SMILES string of the molecule is N#Cc1ccccc1N[C@@H]1CCC[C@H]1O. The molecule has 15 heavy (non-hydrogen) atoms. The fraction of sp³-hybridized carbons (Fsp3) is 0.417. The van der Waals surface area contributed by atoms with Crippen LogP contribution < -0.4 is 5.32 Å². The third-order valence-corrected chi connectivity index (χ3v) is 2.87. The Balaban J connectivity index is 2.14. The standard InChI is InChI=1S/C12H14N2O/c13-8-9-4-1-2-5-10(9)14-11-6-3-7-12(11)15/h1-2,4-5,11-12,14-15H,3,6-7H2/t11-,12-/m1/s1. The van der Waals surface area contributed by atoms with E-state index in [2.05, 4.69) is 11.4 Å². The number of hydrogen-bond donors (Lipinski definition) is 2. The second-order valence-electron chi connectivity index (χ2n) is 3.91. The molecule has 2 N–H and O–H groups in total. The van der Waals surface area contributed by atoms with Crippen molar-refractivity contribution in [3.05, 3.63) is 29.8 Å². The number of rotatable bonds is 2. The minimum absolute atomic E-state index is 0.0968. The minimum Gasteiger partial charge on any atom is -0.391 e. The summed E-state index contributed by atoms with van der Waals surface area (Å²) >= 11 is 0. The van der Waals surface area contributed by atoms with Gasteiger partial charge >= 0.3 is 0 Å². The third-order valence-electron chi connectivity index (χ3n) is 2.87. The highest BCUT2D eigenvalue weighted by atomic mass is 16.3. The van der Waals surface area contributed by atoms with Crippen LogP contribution in [0, 0.1) is 11.3 Å². The van der Waals surface area contributed by atoms with Crippen LogP contribution in [-0.2, 0) is 0 Å². The van der Waals surface area contributed by atoms with E-state index in [0.29, 0.717) is 5.56 Å². The molecular weight excluding hydrogens is 188 g/mol. The number of nitriles is 1. The fourth-order valence-corrected chi connectivity index (χ4v) is 2.02. The number of aliphatic hydroxyl groups excluding tert-OH is 1. The zero-order valence-corrected chi connectivity index (χ0v) is 8.48. The predicted octanol–water partition coefficient (Wildman–Crippen LogP) is 1.88. The molecule has 1 aliphatic rings. The number of anilines is 1. The van der Waals surface area contributed by atoms with Gasteiger partial charge in [0, 0.05) is 0 Å². The van der Waals surface area contributed by atoms with E-state index >= 15 is 0 Å². The maximum atomic E-state index is 9.67. The average Bonchev–Trinajstić information content (AvgIpc) is 2.65. The normalized spacial score (nSPS) is 24.8. The van der Waals surface area contributed by atoms with Crippen molar-refractivity contribution in [2.24, 2.45) is 0 Å². The molecule has 0 bridgehead atoms. The van der Waals surface area contributed by atoms with E-state index in [1.807, 2.05) is 18.2 Å². The molecule has 1 saturated carbocycles. The monoisotopic (exact) mass is 202 g/mol. The van der Waals surface area contributed by atoms with E-state index in [9.17, 15) is 5.11 Å². The first-order valence-corrected chi connectivity index (χ1v) is 5.25. The Morgan fingerprint density at radius 3 is 2.80 bits per heavy atom. The summed E-state index contributed by atoms with van der Waals surface area (Å²) in [7, 11) is 0. The summed E-state index contributed by atoms with van der Waals surface area (Å²) in [6, 6.07) is 9.63. The zero-order valence-electron chi connectivity index (χ0n) is 8.48.